The van der Waals surface area contributed by atoms with Gasteiger partial charge < -0.3 is 14.6 Å². The van der Waals surface area contributed by atoms with Crippen LogP contribution < -0.4 is 0 Å². The predicted octanol–water partition coefficient (Wildman–Crippen LogP) is 4.34. The van der Waals surface area contributed by atoms with Gasteiger partial charge in [0.15, 0.2) is 5.78 Å². The Balaban J connectivity index is 1.45. The zero-order chi connectivity index (χ0) is 26.2. The number of ether oxygens (including phenoxy) is 2. The van der Waals surface area contributed by atoms with Gasteiger partial charge >= 0.3 is 5.97 Å². The number of cyclic esters (lactones) is 1. The van der Waals surface area contributed by atoms with Crippen LogP contribution in [0.15, 0.2) is 23.3 Å². The molecule has 0 bridgehead atoms. The van der Waals surface area contributed by atoms with E-state index in [1.807, 2.05) is 32.9 Å². The van der Waals surface area contributed by atoms with E-state index >= 15 is 0 Å². The molecule has 4 aliphatic carbocycles. The average Bonchev–Trinajstić information content (AvgIpc) is 3.39. The average molecular weight is 497 g/mol. The lowest BCUT2D eigenvalue weighted by atomic mass is 9.40. The molecule has 1 N–H and O–H groups in total. The Morgan fingerprint density at radius 1 is 1.08 bits per heavy atom. The number of Topliss-reactive ketones (excluding diaryl/α,β-unsaturated/α-hetero) is 1. The normalized spacial score (nSPS) is 53.2. The number of allylic oxidation sites excluding steroid dienone is 2. The van der Waals surface area contributed by atoms with Crippen molar-refractivity contribution in [2.75, 3.05) is 0 Å². The van der Waals surface area contributed by atoms with Crippen molar-refractivity contribution in [2.24, 2.45) is 39.4 Å². The summed E-state index contributed by atoms with van der Waals surface area (Å²) in [5.41, 5.74) is -1.09. The Labute approximate surface area is 213 Å². The lowest BCUT2D eigenvalue weighted by molar-refractivity contribution is -0.148. The number of aliphatic hydroxyl groups is 1. The summed E-state index contributed by atoms with van der Waals surface area (Å²) in [6, 6.07) is 0. The first-order valence-electron chi connectivity index (χ1n) is 13.7. The largest absolute Gasteiger partial charge is 0.458 e. The molecule has 2 aliphatic heterocycles. The van der Waals surface area contributed by atoms with Gasteiger partial charge in [-0.15, -0.1) is 0 Å². The molecule has 196 valence electrons. The Kier molecular flexibility index (Phi) is 4.76. The molecule has 6 aliphatic rings. The van der Waals surface area contributed by atoms with E-state index in [9.17, 15) is 19.5 Å². The Bertz CT molecular complexity index is 1150. The van der Waals surface area contributed by atoms with Gasteiger partial charge in [0.2, 0.25) is 0 Å². The third-order valence-electron chi connectivity index (χ3n) is 12.1. The van der Waals surface area contributed by atoms with Crippen molar-refractivity contribution in [1.29, 1.82) is 0 Å². The van der Waals surface area contributed by atoms with Crippen LogP contribution in [0.2, 0.25) is 0 Å². The number of esters is 1. The van der Waals surface area contributed by atoms with Crippen LogP contribution in [0.25, 0.3) is 0 Å². The van der Waals surface area contributed by atoms with E-state index in [4.69, 9.17) is 9.47 Å². The zero-order valence-corrected chi connectivity index (χ0v) is 22.6. The van der Waals surface area contributed by atoms with E-state index in [-0.39, 0.29) is 47.1 Å². The molecular weight excluding hydrogens is 456 g/mol. The number of ketones is 2. The highest BCUT2D eigenvalue weighted by Crippen LogP contribution is 2.79. The summed E-state index contributed by atoms with van der Waals surface area (Å²) in [6.45, 7) is 14.3. The molecule has 36 heavy (non-hydrogen) atoms. The van der Waals surface area contributed by atoms with Gasteiger partial charge in [0.1, 0.15) is 17.5 Å². The Morgan fingerprint density at radius 3 is 2.42 bits per heavy atom. The molecule has 0 aromatic carbocycles. The number of hydrogen-bond donors (Lipinski definition) is 1. The van der Waals surface area contributed by atoms with Gasteiger partial charge in [-0.05, 0) is 61.2 Å². The van der Waals surface area contributed by atoms with Crippen molar-refractivity contribution < 1.29 is 29.0 Å². The maximum Gasteiger partial charge on any atom is 0.309 e. The summed E-state index contributed by atoms with van der Waals surface area (Å²) in [7, 11) is 0. The molecule has 0 amide bonds. The number of fused-ring (bicyclic) bond motifs is 3. The van der Waals surface area contributed by atoms with Crippen LogP contribution in [0.1, 0.15) is 80.6 Å². The first-order chi connectivity index (χ1) is 16.7. The molecule has 6 rings (SSSR count). The number of epoxide rings is 1. The maximum atomic E-state index is 14.2. The van der Waals surface area contributed by atoms with E-state index < -0.39 is 27.9 Å². The fraction of sp³-hybridized carbons (Fsp3) is 0.767. The second-order valence-corrected chi connectivity index (χ2v) is 13.8. The standard InChI is InChI=1S/C30H40O6/c1-15(10-17-11-16(2)25(34)35-17)18-12-23(33)29(7)28(18,6)22(32)13-20-27(5)9-8-21(31)26(3,4)19(27)14-24-30(20,29)36-24/h10,13,16-19,23-24,33H,8-9,11-12,14H2,1-7H3. The topological polar surface area (TPSA) is 93.2 Å². The molecule has 0 aromatic heterocycles. The zero-order valence-electron chi connectivity index (χ0n) is 22.6. The van der Waals surface area contributed by atoms with Crippen LogP contribution in [-0.4, -0.2) is 46.6 Å². The minimum atomic E-state index is -0.845. The number of rotatable bonds is 2. The van der Waals surface area contributed by atoms with Crippen LogP contribution in [0, 0.1) is 39.4 Å². The fourth-order valence-corrected chi connectivity index (χ4v) is 9.68. The van der Waals surface area contributed by atoms with Crippen LogP contribution in [-0.2, 0) is 23.9 Å². The summed E-state index contributed by atoms with van der Waals surface area (Å²) < 4.78 is 12.2. The maximum absolute atomic E-state index is 14.2. The molecule has 10 atom stereocenters. The summed E-state index contributed by atoms with van der Waals surface area (Å²) in [5.74, 6) is -0.0404. The van der Waals surface area contributed by atoms with E-state index in [0.717, 1.165) is 17.6 Å². The van der Waals surface area contributed by atoms with Crippen molar-refractivity contribution in [2.45, 2.75) is 104 Å². The van der Waals surface area contributed by atoms with Crippen LogP contribution in [0.3, 0.4) is 0 Å². The quantitative estimate of drug-likeness (QED) is 0.347. The number of carbonyl (C=O) groups excluding carboxylic acids is 3. The third kappa shape index (κ3) is 2.54. The van der Waals surface area contributed by atoms with Gasteiger partial charge in [-0.25, -0.2) is 0 Å². The summed E-state index contributed by atoms with van der Waals surface area (Å²) in [6.07, 6.45) is 5.86. The third-order valence-corrected chi connectivity index (χ3v) is 12.1. The van der Waals surface area contributed by atoms with Gasteiger partial charge in [0, 0.05) is 29.1 Å². The molecule has 1 spiro atoms. The summed E-state index contributed by atoms with van der Waals surface area (Å²) in [4.78, 5) is 39.1. The molecule has 2 heterocycles. The van der Waals surface area contributed by atoms with E-state index in [1.54, 1.807) is 0 Å². The number of carbonyl (C=O) groups is 3. The van der Waals surface area contributed by atoms with Crippen molar-refractivity contribution in [3.63, 3.8) is 0 Å². The minimum Gasteiger partial charge on any atom is -0.458 e. The highest BCUT2D eigenvalue weighted by Gasteiger charge is 2.85. The van der Waals surface area contributed by atoms with Crippen LogP contribution in [0.5, 0.6) is 0 Å². The minimum absolute atomic E-state index is 0.0440. The second kappa shape index (κ2) is 6.99. The first-order valence-corrected chi connectivity index (χ1v) is 13.7. The van der Waals surface area contributed by atoms with Crippen molar-refractivity contribution in [3.05, 3.63) is 23.3 Å². The molecule has 6 heteroatoms. The molecule has 3 saturated carbocycles. The van der Waals surface area contributed by atoms with Gasteiger partial charge in [-0.1, -0.05) is 47.1 Å². The van der Waals surface area contributed by atoms with Crippen LogP contribution in [0.4, 0.5) is 0 Å². The predicted molar refractivity (Wildman–Crippen MR) is 133 cm³/mol. The Hall–Kier alpha value is -1.79. The monoisotopic (exact) mass is 496 g/mol. The van der Waals surface area contributed by atoms with Crippen molar-refractivity contribution in [1.82, 2.24) is 0 Å². The van der Waals surface area contributed by atoms with Gasteiger partial charge in [-0.3, -0.25) is 14.4 Å². The fourth-order valence-electron chi connectivity index (χ4n) is 9.68. The first kappa shape index (κ1) is 24.5. The molecule has 0 aromatic rings. The smallest absolute Gasteiger partial charge is 0.309 e. The summed E-state index contributed by atoms with van der Waals surface area (Å²) >= 11 is 0. The van der Waals surface area contributed by atoms with Crippen molar-refractivity contribution in [3.8, 4) is 0 Å². The van der Waals surface area contributed by atoms with E-state index in [0.29, 0.717) is 31.5 Å². The lowest BCUT2D eigenvalue weighted by Gasteiger charge is -2.60. The van der Waals surface area contributed by atoms with E-state index in [1.165, 1.54) is 0 Å². The highest BCUT2D eigenvalue weighted by atomic mass is 16.6. The number of hydrogen-bond acceptors (Lipinski definition) is 6. The van der Waals surface area contributed by atoms with Gasteiger partial charge in [0.25, 0.3) is 0 Å². The lowest BCUT2D eigenvalue weighted by Crippen LogP contribution is -2.65. The highest BCUT2D eigenvalue weighted by molar-refractivity contribution is 6.00. The molecule has 6 nitrogen and oxygen atoms in total. The molecule has 2 saturated heterocycles. The van der Waals surface area contributed by atoms with Gasteiger partial charge in [0.05, 0.1) is 18.1 Å². The molecule has 5 fully saturated rings. The molecule has 10 unspecified atom stereocenters. The number of aliphatic hydroxyl groups excluding tert-OH is 1. The van der Waals surface area contributed by atoms with Crippen molar-refractivity contribution >= 4 is 17.5 Å². The van der Waals surface area contributed by atoms with Crippen LogP contribution >= 0.6 is 0 Å². The second-order valence-electron chi connectivity index (χ2n) is 13.8. The Morgan fingerprint density at radius 2 is 1.78 bits per heavy atom. The van der Waals surface area contributed by atoms with E-state index in [2.05, 4.69) is 27.7 Å². The SMILES string of the molecule is CC(=CC1CC(C)C(=O)O1)C1CC(O)C2(C)C1(C)C(=O)C=C1C3(C)CCC(=O)C(C)(C)C3CC3OC132. The molecule has 0 radical (unpaired) electrons. The molecular formula is C30H40O6. The summed E-state index contributed by atoms with van der Waals surface area (Å²) in [5, 5.41) is 11.8. The van der Waals surface area contributed by atoms with Gasteiger partial charge in [-0.2, -0.15) is 0 Å².